The fourth-order valence-electron chi connectivity index (χ4n) is 2.60. The van der Waals surface area contributed by atoms with Crippen molar-refractivity contribution in [3.8, 4) is 11.5 Å². The molecule has 2 N–H and O–H groups in total. The number of amides is 1. The minimum atomic E-state index is -1.11. The van der Waals surface area contributed by atoms with E-state index in [9.17, 15) is 9.59 Å². The maximum atomic E-state index is 12.3. The third-order valence-corrected chi connectivity index (χ3v) is 4.22. The number of ether oxygens (including phenoxy) is 2. The normalized spacial score (nSPS) is 10.8. The second-order valence-corrected chi connectivity index (χ2v) is 6.81. The van der Waals surface area contributed by atoms with Gasteiger partial charge in [-0.05, 0) is 30.0 Å². The first-order chi connectivity index (χ1) is 13.3. The number of methoxy groups -OCH3 is 1. The average molecular weight is 389 g/mol. The van der Waals surface area contributed by atoms with E-state index in [1.807, 2.05) is 12.1 Å². The second-order valence-electron chi connectivity index (χ2n) is 6.81. The molecule has 0 spiro atoms. The SMILES string of the molecule is CCc1oc(C(=O)NCc2ccc(OCCC(C)C)c(OC)c2)cc1C(=O)O. The van der Waals surface area contributed by atoms with Crippen LogP contribution >= 0.6 is 0 Å². The third-order valence-electron chi connectivity index (χ3n) is 4.22. The number of hydrogen-bond acceptors (Lipinski definition) is 5. The van der Waals surface area contributed by atoms with Crippen LogP contribution in [0.5, 0.6) is 11.5 Å². The van der Waals surface area contributed by atoms with Crippen molar-refractivity contribution in [3.05, 3.63) is 46.9 Å². The summed E-state index contributed by atoms with van der Waals surface area (Å²) in [7, 11) is 1.57. The largest absolute Gasteiger partial charge is 0.493 e. The molecule has 0 bridgehead atoms. The zero-order valence-corrected chi connectivity index (χ0v) is 16.7. The second kappa shape index (κ2) is 9.82. The summed E-state index contributed by atoms with van der Waals surface area (Å²) in [6, 6.07) is 6.71. The summed E-state index contributed by atoms with van der Waals surface area (Å²) in [6.07, 6.45) is 1.34. The Hall–Kier alpha value is -2.96. The number of nitrogens with one attached hydrogen (secondary N) is 1. The maximum absolute atomic E-state index is 12.3. The van der Waals surface area contributed by atoms with Crippen LogP contribution in [-0.2, 0) is 13.0 Å². The highest BCUT2D eigenvalue weighted by molar-refractivity contribution is 5.96. The molecule has 0 atom stereocenters. The lowest BCUT2D eigenvalue weighted by Gasteiger charge is -2.13. The van der Waals surface area contributed by atoms with Gasteiger partial charge in [0, 0.05) is 19.0 Å². The van der Waals surface area contributed by atoms with Gasteiger partial charge in [0.15, 0.2) is 17.3 Å². The van der Waals surface area contributed by atoms with Crippen molar-refractivity contribution in [1.29, 1.82) is 0 Å². The molecule has 1 aromatic carbocycles. The van der Waals surface area contributed by atoms with Crippen molar-refractivity contribution in [2.24, 2.45) is 5.92 Å². The van der Waals surface area contributed by atoms with E-state index in [0.717, 1.165) is 12.0 Å². The van der Waals surface area contributed by atoms with E-state index in [-0.39, 0.29) is 23.6 Å². The number of hydrogen-bond donors (Lipinski definition) is 2. The molecule has 0 aliphatic rings. The Morgan fingerprint density at radius 1 is 1.21 bits per heavy atom. The quantitative estimate of drug-likeness (QED) is 0.639. The summed E-state index contributed by atoms with van der Waals surface area (Å²) < 4.78 is 16.5. The summed E-state index contributed by atoms with van der Waals surface area (Å²) >= 11 is 0. The predicted molar refractivity (Wildman–Crippen MR) is 104 cm³/mol. The topological polar surface area (TPSA) is 98.0 Å². The molecule has 2 aromatic rings. The fraction of sp³-hybridized carbons (Fsp3) is 0.429. The van der Waals surface area contributed by atoms with Crippen LogP contribution in [0.2, 0.25) is 0 Å². The number of aromatic carboxylic acids is 1. The van der Waals surface area contributed by atoms with Gasteiger partial charge in [-0.25, -0.2) is 4.79 Å². The summed E-state index contributed by atoms with van der Waals surface area (Å²) in [5.41, 5.74) is 0.833. The molecule has 28 heavy (non-hydrogen) atoms. The summed E-state index contributed by atoms with van der Waals surface area (Å²) in [5.74, 6) is 0.475. The van der Waals surface area contributed by atoms with E-state index in [2.05, 4.69) is 19.2 Å². The number of carboxylic acid groups (broad SMARTS) is 1. The lowest BCUT2D eigenvalue weighted by Crippen LogP contribution is -2.22. The summed E-state index contributed by atoms with van der Waals surface area (Å²) in [6.45, 7) is 6.88. The number of carboxylic acids is 1. The number of benzene rings is 1. The van der Waals surface area contributed by atoms with E-state index in [1.165, 1.54) is 6.07 Å². The first-order valence-electron chi connectivity index (χ1n) is 9.29. The van der Waals surface area contributed by atoms with Crippen LogP contribution in [0.25, 0.3) is 0 Å². The number of carbonyl (C=O) groups excluding carboxylic acids is 1. The molecular formula is C21H27NO6. The van der Waals surface area contributed by atoms with Gasteiger partial charge in [0.25, 0.3) is 5.91 Å². The molecular weight excluding hydrogens is 362 g/mol. The van der Waals surface area contributed by atoms with Crippen molar-refractivity contribution >= 4 is 11.9 Å². The first kappa shape index (κ1) is 21.3. The molecule has 0 unspecified atom stereocenters. The van der Waals surface area contributed by atoms with Gasteiger partial charge in [-0.3, -0.25) is 4.79 Å². The molecule has 2 rings (SSSR count). The van der Waals surface area contributed by atoms with Crippen molar-refractivity contribution < 1.29 is 28.6 Å². The highest BCUT2D eigenvalue weighted by Crippen LogP contribution is 2.28. The van der Waals surface area contributed by atoms with Crippen LogP contribution in [0.1, 0.15) is 59.4 Å². The van der Waals surface area contributed by atoms with Gasteiger partial charge in [0.05, 0.1) is 13.7 Å². The molecule has 0 aliphatic heterocycles. The van der Waals surface area contributed by atoms with E-state index in [1.54, 1.807) is 20.1 Å². The van der Waals surface area contributed by atoms with Gasteiger partial charge in [0.1, 0.15) is 11.3 Å². The molecule has 1 amide bonds. The minimum absolute atomic E-state index is 0.0113. The molecule has 152 valence electrons. The van der Waals surface area contributed by atoms with E-state index in [4.69, 9.17) is 19.0 Å². The van der Waals surface area contributed by atoms with E-state index in [0.29, 0.717) is 30.4 Å². The maximum Gasteiger partial charge on any atom is 0.339 e. The van der Waals surface area contributed by atoms with Crippen molar-refractivity contribution in [3.63, 3.8) is 0 Å². The van der Waals surface area contributed by atoms with Gasteiger partial charge < -0.3 is 24.3 Å². The van der Waals surface area contributed by atoms with Crippen LogP contribution in [0.3, 0.4) is 0 Å². The molecule has 0 aliphatic carbocycles. The lowest BCUT2D eigenvalue weighted by atomic mass is 10.1. The Balaban J connectivity index is 2.02. The molecule has 0 saturated heterocycles. The Morgan fingerprint density at radius 2 is 1.96 bits per heavy atom. The van der Waals surface area contributed by atoms with Crippen LogP contribution in [-0.4, -0.2) is 30.7 Å². The Morgan fingerprint density at radius 3 is 2.54 bits per heavy atom. The summed E-state index contributed by atoms with van der Waals surface area (Å²) in [4.78, 5) is 23.5. The fourth-order valence-corrected chi connectivity index (χ4v) is 2.60. The van der Waals surface area contributed by atoms with Gasteiger partial charge in [0.2, 0.25) is 0 Å². The molecule has 7 heteroatoms. The van der Waals surface area contributed by atoms with Crippen LogP contribution in [0.4, 0.5) is 0 Å². The van der Waals surface area contributed by atoms with Gasteiger partial charge >= 0.3 is 5.97 Å². The summed E-state index contributed by atoms with van der Waals surface area (Å²) in [5, 5.41) is 11.9. The number of carbonyl (C=O) groups is 2. The minimum Gasteiger partial charge on any atom is -0.493 e. The first-order valence-corrected chi connectivity index (χ1v) is 9.29. The molecule has 0 radical (unpaired) electrons. The van der Waals surface area contributed by atoms with Crippen molar-refractivity contribution in [2.45, 2.75) is 40.2 Å². The zero-order chi connectivity index (χ0) is 20.7. The number of furan rings is 1. The third kappa shape index (κ3) is 5.52. The highest BCUT2D eigenvalue weighted by atomic mass is 16.5. The number of aryl methyl sites for hydroxylation is 1. The molecule has 0 saturated carbocycles. The Bertz CT molecular complexity index is 824. The lowest BCUT2D eigenvalue weighted by molar-refractivity contribution is 0.0694. The van der Waals surface area contributed by atoms with Gasteiger partial charge in [-0.15, -0.1) is 0 Å². The van der Waals surface area contributed by atoms with Crippen LogP contribution in [0.15, 0.2) is 28.7 Å². The molecule has 7 nitrogen and oxygen atoms in total. The van der Waals surface area contributed by atoms with Crippen LogP contribution < -0.4 is 14.8 Å². The monoisotopic (exact) mass is 389 g/mol. The van der Waals surface area contributed by atoms with Gasteiger partial charge in [-0.2, -0.15) is 0 Å². The number of rotatable bonds is 10. The molecule has 1 heterocycles. The predicted octanol–water partition coefficient (Wildman–Crippen LogP) is 3.90. The standard InChI is InChI=1S/C21H27NO6/c1-5-16-15(21(24)25)11-19(28-16)20(23)22-12-14-6-7-17(18(10-14)26-4)27-9-8-13(2)3/h6-7,10-11,13H,5,8-9,12H2,1-4H3,(H,22,23)(H,24,25). The Kier molecular flexibility index (Phi) is 7.49. The average Bonchev–Trinajstić information content (AvgIpc) is 3.11. The van der Waals surface area contributed by atoms with E-state index >= 15 is 0 Å². The van der Waals surface area contributed by atoms with Crippen molar-refractivity contribution in [1.82, 2.24) is 5.32 Å². The Labute approximate surface area is 164 Å². The zero-order valence-electron chi connectivity index (χ0n) is 16.7. The van der Waals surface area contributed by atoms with Crippen molar-refractivity contribution in [2.75, 3.05) is 13.7 Å². The molecule has 0 fully saturated rings. The van der Waals surface area contributed by atoms with E-state index < -0.39 is 11.9 Å². The molecule has 1 aromatic heterocycles. The van der Waals surface area contributed by atoms with Crippen LogP contribution in [0, 0.1) is 5.92 Å². The van der Waals surface area contributed by atoms with Gasteiger partial charge in [-0.1, -0.05) is 26.8 Å². The highest BCUT2D eigenvalue weighted by Gasteiger charge is 2.20. The smallest absolute Gasteiger partial charge is 0.339 e.